The number of carboxylic acid groups (broad SMARTS) is 1. The fourth-order valence-corrected chi connectivity index (χ4v) is 2.55. The molecule has 3 N–H and O–H groups in total. The summed E-state index contributed by atoms with van der Waals surface area (Å²) < 4.78 is 0. The van der Waals surface area contributed by atoms with Crippen molar-refractivity contribution in [2.24, 2.45) is 5.41 Å². The van der Waals surface area contributed by atoms with Crippen molar-refractivity contribution >= 4 is 23.5 Å². The van der Waals surface area contributed by atoms with Gasteiger partial charge < -0.3 is 15.4 Å². The van der Waals surface area contributed by atoms with Gasteiger partial charge in [-0.1, -0.05) is 18.0 Å². The van der Waals surface area contributed by atoms with E-state index in [-0.39, 0.29) is 11.9 Å². The Morgan fingerprint density at radius 3 is 2.89 bits per heavy atom. The lowest BCUT2D eigenvalue weighted by Gasteiger charge is -2.27. The Bertz CT molecular complexity index is 485. The highest BCUT2D eigenvalue weighted by molar-refractivity contribution is 6.30. The highest BCUT2D eigenvalue weighted by Gasteiger charge is 2.46. The van der Waals surface area contributed by atoms with Gasteiger partial charge in [-0.25, -0.2) is 0 Å². The number of hydrogen-bond acceptors (Lipinski definition) is 2. The number of amides is 1. The Kier molecular flexibility index (Phi) is 3.34. The number of aromatic amines is 1. The fraction of sp³-hybridized carbons (Fsp3) is 0.500. The van der Waals surface area contributed by atoms with Gasteiger partial charge in [-0.2, -0.15) is 0 Å². The number of carbonyl (C=O) groups excluding carboxylic acids is 1. The normalized spacial score (nSPS) is 27.1. The Morgan fingerprint density at radius 2 is 2.33 bits per heavy atom. The van der Waals surface area contributed by atoms with Gasteiger partial charge in [0.25, 0.3) is 5.91 Å². The van der Waals surface area contributed by atoms with Crippen molar-refractivity contribution in [3.05, 3.63) is 23.0 Å². The van der Waals surface area contributed by atoms with Crippen LogP contribution in [0.25, 0.3) is 0 Å². The Hall–Kier alpha value is -1.49. The van der Waals surface area contributed by atoms with Crippen molar-refractivity contribution in [2.75, 3.05) is 0 Å². The first-order valence-electron chi connectivity index (χ1n) is 5.81. The number of rotatable bonds is 3. The molecule has 98 valence electrons. The number of aliphatic carboxylic acids is 1. The van der Waals surface area contributed by atoms with Crippen molar-refractivity contribution < 1.29 is 14.7 Å². The maximum atomic E-state index is 11.9. The van der Waals surface area contributed by atoms with Crippen LogP contribution in [0.2, 0.25) is 5.02 Å². The quantitative estimate of drug-likeness (QED) is 0.786. The first-order valence-corrected chi connectivity index (χ1v) is 6.19. The van der Waals surface area contributed by atoms with Crippen molar-refractivity contribution in [2.45, 2.75) is 32.2 Å². The van der Waals surface area contributed by atoms with Crippen molar-refractivity contribution in [1.29, 1.82) is 0 Å². The van der Waals surface area contributed by atoms with Crippen molar-refractivity contribution in [1.82, 2.24) is 10.3 Å². The summed E-state index contributed by atoms with van der Waals surface area (Å²) in [6.07, 6.45) is 3.59. The lowest BCUT2D eigenvalue weighted by molar-refractivity contribution is -0.148. The second-order valence-electron chi connectivity index (χ2n) is 4.87. The monoisotopic (exact) mass is 270 g/mol. The first kappa shape index (κ1) is 13.0. The molecule has 1 aliphatic carbocycles. The van der Waals surface area contributed by atoms with Crippen LogP contribution in [0.5, 0.6) is 0 Å². The van der Waals surface area contributed by atoms with Gasteiger partial charge in [-0.3, -0.25) is 9.59 Å². The highest BCUT2D eigenvalue weighted by Crippen LogP contribution is 2.38. The molecule has 0 radical (unpaired) electrons. The van der Waals surface area contributed by atoms with Gasteiger partial charge >= 0.3 is 5.97 Å². The standard InChI is InChI=1S/C12H15ClN2O3/c1-12(11(17)18)4-2-3-9(12)15-10(16)8-5-7(13)6-14-8/h5-6,9,14H,2-4H2,1H3,(H,15,16)(H,17,18). The zero-order valence-electron chi connectivity index (χ0n) is 10.00. The molecule has 0 bridgehead atoms. The first-order chi connectivity index (χ1) is 8.43. The number of carboxylic acids is 1. The van der Waals surface area contributed by atoms with E-state index in [4.69, 9.17) is 11.6 Å². The largest absolute Gasteiger partial charge is 0.481 e. The summed E-state index contributed by atoms with van der Waals surface area (Å²) in [5.41, 5.74) is -0.536. The van der Waals surface area contributed by atoms with Crippen LogP contribution >= 0.6 is 11.6 Å². The third kappa shape index (κ3) is 2.22. The van der Waals surface area contributed by atoms with E-state index in [1.807, 2.05) is 0 Å². The number of aromatic nitrogens is 1. The van der Waals surface area contributed by atoms with E-state index in [1.54, 1.807) is 6.92 Å². The predicted molar refractivity (Wildman–Crippen MR) is 66.7 cm³/mol. The van der Waals surface area contributed by atoms with Gasteiger partial charge in [0.1, 0.15) is 5.69 Å². The van der Waals surface area contributed by atoms with Crippen molar-refractivity contribution in [3.8, 4) is 0 Å². The molecule has 0 aliphatic heterocycles. The molecule has 0 saturated heterocycles. The summed E-state index contributed by atoms with van der Waals surface area (Å²) in [7, 11) is 0. The molecular weight excluding hydrogens is 256 g/mol. The maximum Gasteiger partial charge on any atom is 0.311 e. The molecular formula is C12H15ClN2O3. The van der Waals surface area contributed by atoms with Crippen molar-refractivity contribution in [3.63, 3.8) is 0 Å². The average Bonchev–Trinajstić information content (AvgIpc) is 2.87. The Labute approximate surface area is 110 Å². The molecule has 5 nitrogen and oxygen atoms in total. The van der Waals surface area contributed by atoms with Gasteiger partial charge in [-0.05, 0) is 25.8 Å². The molecule has 1 saturated carbocycles. The van der Waals surface area contributed by atoms with Crippen LogP contribution < -0.4 is 5.32 Å². The zero-order valence-corrected chi connectivity index (χ0v) is 10.8. The van der Waals surface area contributed by atoms with Crippen LogP contribution in [0.15, 0.2) is 12.3 Å². The average molecular weight is 271 g/mol. The molecule has 0 aromatic carbocycles. The van der Waals surface area contributed by atoms with Gasteiger partial charge in [0.15, 0.2) is 0 Å². The van der Waals surface area contributed by atoms with Gasteiger partial charge in [0.05, 0.1) is 10.4 Å². The minimum Gasteiger partial charge on any atom is -0.481 e. The summed E-state index contributed by atoms with van der Waals surface area (Å²) >= 11 is 5.72. The van der Waals surface area contributed by atoms with Gasteiger partial charge in [0, 0.05) is 12.2 Å². The van der Waals surface area contributed by atoms with Crippen LogP contribution in [-0.2, 0) is 4.79 Å². The van der Waals surface area contributed by atoms with Crippen LogP contribution in [0.3, 0.4) is 0 Å². The number of H-pyrrole nitrogens is 1. The summed E-state index contributed by atoms with van der Waals surface area (Å²) in [4.78, 5) is 26.0. The summed E-state index contributed by atoms with van der Waals surface area (Å²) in [6, 6.07) is 1.17. The number of nitrogens with one attached hydrogen (secondary N) is 2. The van der Waals surface area contributed by atoms with E-state index in [2.05, 4.69) is 10.3 Å². The van der Waals surface area contributed by atoms with Crippen LogP contribution in [0.4, 0.5) is 0 Å². The summed E-state index contributed by atoms with van der Waals surface area (Å²) in [5.74, 6) is -1.18. The molecule has 0 spiro atoms. The molecule has 1 amide bonds. The molecule has 1 aromatic heterocycles. The smallest absolute Gasteiger partial charge is 0.311 e. The molecule has 2 atom stereocenters. The molecule has 6 heteroatoms. The van der Waals surface area contributed by atoms with E-state index >= 15 is 0 Å². The topological polar surface area (TPSA) is 82.2 Å². The molecule has 1 aliphatic rings. The van der Waals surface area contributed by atoms with E-state index in [0.717, 1.165) is 6.42 Å². The molecule has 1 aromatic rings. The summed E-state index contributed by atoms with van der Waals surface area (Å²) in [6.45, 7) is 1.68. The number of carbonyl (C=O) groups is 2. The minimum absolute atomic E-state index is 0.318. The Morgan fingerprint density at radius 1 is 1.61 bits per heavy atom. The SMILES string of the molecule is CC1(C(=O)O)CCCC1NC(=O)c1cc(Cl)c[nH]1. The molecule has 18 heavy (non-hydrogen) atoms. The van der Waals surface area contributed by atoms with Crippen LogP contribution in [0.1, 0.15) is 36.7 Å². The highest BCUT2D eigenvalue weighted by atomic mass is 35.5. The second kappa shape index (κ2) is 4.65. The van der Waals surface area contributed by atoms with E-state index in [0.29, 0.717) is 23.6 Å². The number of hydrogen-bond donors (Lipinski definition) is 3. The van der Waals surface area contributed by atoms with Gasteiger partial charge in [0.2, 0.25) is 0 Å². The van der Waals surface area contributed by atoms with Gasteiger partial charge in [-0.15, -0.1) is 0 Å². The third-order valence-corrected chi connectivity index (χ3v) is 3.86. The lowest BCUT2D eigenvalue weighted by atomic mass is 9.85. The van der Waals surface area contributed by atoms with E-state index in [9.17, 15) is 14.7 Å². The minimum atomic E-state index is -0.883. The fourth-order valence-electron chi connectivity index (χ4n) is 2.39. The van der Waals surface area contributed by atoms with E-state index in [1.165, 1.54) is 12.3 Å². The van der Waals surface area contributed by atoms with Crippen LogP contribution in [-0.4, -0.2) is 28.0 Å². The molecule has 2 rings (SSSR count). The molecule has 1 fully saturated rings. The Balaban J connectivity index is 2.10. The number of halogens is 1. The van der Waals surface area contributed by atoms with E-state index < -0.39 is 11.4 Å². The summed E-state index contributed by atoms with van der Waals surface area (Å²) in [5, 5.41) is 12.5. The molecule has 1 heterocycles. The predicted octanol–water partition coefficient (Wildman–Crippen LogP) is 2.04. The maximum absolute atomic E-state index is 11.9. The van der Waals surface area contributed by atoms with Crippen LogP contribution in [0, 0.1) is 5.41 Å². The molecule has 2 unspecified atom stereocenters. The zero-order chi connectivity index (χ0) is 13.3. The second-order valence-corrected chi connectivity index (χ2v) is 5.31. The lowest BCUT2D eigenvalue weighted by Crippen LogP contribution is -2.47. The third-order valence-electron chi connectivity index (χ3n) is 3.64.